The number of rotatable bonds is 7. The molecule has 156 valence electrons. The molecule has 3 rings (SSSR count). The van der Waals surface area contributed by atoms with Crippen LogP contribution in [-0.4, -0.2) is 34.5 Å². The summed E-state index contributed by atoms with van der Waals surface area (Å²) in [5.74, 6) is -0.688. The molecule has 1 N–H and O–H groups in total. The quantitative estimate of drug-likeness (QED) is 0.424. The molecule has 6 nitrogen and oxygen atoms in total. The van der Waals surface area contributed by atoms with Crippen molar-refractivity contribution >= 4 is 75.1 Å². The van der Waals surface area contributed by atoms with E-state index in [1.807, 2.05) is 0 Å². The lowest BCUT2D eigenvalue weighted by Gasteiger charge is -2.15. The topological polar surface area (TPSA) is 76.1 Å². The number of halogens is 2. The van der Waals surface area contributed by atoms with E-state index in [2.05, 4.69) is 0 Å². The van der Waals surface area contributed by atoms with Crippen LogP contribution in [0.15, 0.2) is 41.3 Å². The molecule has 0 unspecified atom stereocenters. The Labute approximate surface area is 192 Å². The van der Waals surface area contributed by atoms with E-state index in [1.54, 1.807) is 49.4 Å². The van der Waals surface area contributed by atoms with Crippen molar-refractivity contribution in [3.05, 3.63) is 56.9 Å². The lowest BCUT2D eigenvalue weighted by Crippen LogP contribution is -2.27. The largest absolute Gasteiger partial charge is 0.490 e. The number of hydrogen-bond acceptors (Lipinski definition) is 6. The highest BCUT2D eigenvalue weighted by Crippen LogP contribution is 2.38. The van der Waals surface area contributed by atoms with Gasteiger partial charge in [0.1, 0.15) is 0 Å². The fourth-order valence-corrected chi connectivity index (χ4v) is 4.20. The number of carboxylic acid groups (broad SMARTS) is 1. The van der Waals surface area contributed by atoms with Crippen LogP contribution in [0.5, 0.6) is 11.5 Å². The first kappa shape index (κ1) is 22.4. The molecule has 0 saturated carbocycles. The van der Waals surface area contributed by atoms with Crippen LogP contribution in [0.2, 0.25) is 10.0 Å². The molecule has 1 amide bonds. The predicted molar refractivity (Wildman–Crippen MR) is 123 cm³/mol. The van der Waals surface area contributed by atoms with Crippen molar-refractivity contribution in [3.8, 4) is 11.5 Å². The van der Waals surface area contributed by atoms with E-state index >= 15 is 0 Å². The zero-order valence-electron chi connectivity index (χ0n) is 15.6. The van der Waals surface area contributed by atoms with E-state index in [1.165, 1.54) is 4.90 Å². The number of amides is 1. The van der Waals surface area contributed by atoms with Gasteiger partial charge in [0.25, 0.3) is 5.91 Å². The van der Waals surface area contributed by atoms with Gasteiger partial charge in [-0.15, -0.1) is 0 Å². The summed E-state index contributed by atoms with van der Waals surface area (Å²) in [6, 6.07) is 9.83. The standard InChI is InChI=1S/C20H15Cl2NO5S2/c1-2-27-16-7-11(3-6-15(16)28-10-18(24)25)8-17-19(26)23(20(29)30-17)12-4-5-13(21)14(22)9-12/h3-9H,2,10H2,1H3,(H,24,25)/b17-8+. The number of hydrogen-bond donors (Lipinski definition) is 1. The molecular weight excluding hydrogens is 469 g/mol. The van der Waals surface area contributed by atoms with E-state index in [0.717, 1.165) is 11.8 Å². The summed E-state index contributed by atoms with van der Waals surface area (Å²) in [6.45, 7) is 1.68. The van der Waals surface area contributed by atoms with E-state index in [9.17, 15) is 9.59 Å². The van der Waals surface area contributed by atoms with Crippen molar-refractivity contribution in [3.63, 3.8) is 0 Å². The van der Waals surface area contributed by atoms with Gasteiger partial charge >= 0.3 is 5.97 Å². The number of thioether (sulfide) groups is 1. The van der Waals surface area contributed by atoms with Gasteiger partial charge in [0.2, 0.25) is 0 Å². The highest BCUT2D eigenvalue weighted by Gasteiger charge is 2.33. The van der Waals surface area contributed by atoms with Crippen LogP contribution in [0.3, 0.4) is 0 Å². The van der Waals surface area contributed by atoms with Crippen LogP contribution < -0.4 is 14.4 Å². The molecule has 1 fully saturated rings. The summed E-state index contributed by atoms with van der Waals surface area (Å²) in [6.07, 6.45) is 1.68. The van der Waals surface area contributed by atoms with Crippen molar-refractivity contribution < 1.29 is 24.2 Å². The summed E-state index contributed by atoms with van der Waals surface area (Å²) in [4.78, 5) is 25.5. The van der Waals surface area contributed by atoms with E-state index in [-0.39, 0.29) is 5.91 Å². The second-order valence-corrected chi connectivity index (χ2v) is 8.43. The lowest BCUT2D eigenvalue weighted by molar-refractivity contribution is -0.139. The van der Waals surface area contributed by atoms with Crippen molar-refractivity contribution in [1.82, 2.24) is 0 Å². The maximum atomic E-state index is 12.9. The van der Waals surface area contributed by atoms with E-state index in [4.69, 9.17) is 50.0 Å². The van der Waals surface area contributed by atoms with Crippen LogP contribution in [-0.2, 0) is 9.59 Å². The molecule has 10 heteroatoms. The molecule has 0 aromatic heterocycles. The van der Waals surface area contributed by atoms with Gasteiger partial charge in [0, 0.05) is 0 Å². The second kappa shape index (κ2) is 9.70. The monoisotopic (exact) mass is 483 g/mol. The average Bonchev–Trinajstić information content (AvgIpc) is 2.97. The molecule has 0 aliphatic carbocycles. The third-order valence-electron chi connectivity index (χ3n) is 3.87. The lowest BCUT2D eigenvalue weighted by atomic mass is 10.1. The Morgan fingerprint density at radius 1 is 1.17 bits per heavy atom. The Balaban J connectivity index is 1.88. The van der Waals surface area contributed by atoms with Gasteiger partial charge in [-0.1, -0.05) is 53.2 Å². The Morgan fingerprint density at radius 3 is 2.60 bits per heavy atom. The van der Waals surface area contributed by atoms with Crippen molar-refractivity contribution in [2.24, 2.45) is 0 Å². The van der Waals surface area contributed by atoms with E-state index < -0.39 is 12.6 Å². The molecule has 1 aliphatic heterocycles. The second-order valence-electron chi connectivity index (χ2n) is 5.94. The SMILES string of the molecule is CCOc1cc(/C=C2/SC(=S)N(c3ccc(Cl)c(Cl)c3)C2=O)ccc1OCC(=O)O. The van der Waals surface area contributed by atoms with Crippen LogP contribution in [0.1, 0.15) is 12.5 Å². The number of anilines is 1. The van der Waals surface area contributed by atoms with Crippen LogP contribution >= 0.6 is 47.2 Å². The van der Waals surface area contributed by atoms with Crippen molar-refractivity contribution in [2.45, 2.75) is 6.92 Å². The first-order chi connectivity index (χ1) is 14.3. The van der Waals surface area contributed by atoms with Crippen molar-refractivity contribution in [2.75, 3.05) is 18.1 Å². The third kappa shape index (κ3) is 5.07. The Bertz CT molecular complexity index is 1060. The number of ether oxygens (including phenoxy) is 2. The summed E-state index contributed by atoms with van der Waals surface area (Å²) >= 11 is 18.5. The maximum Gasteiger partial charge on any atom is 0.341 e. The highest BCUT2D eigenvalue weighted by molar-refractivity contribution is 8.27. The van der Waals surface area contributed by atoms with Gasteiger partial charge in [0.05, 0.1) is 27.2 Å². The smallest absolute Gasteiger partial charge is 0.341 e. The summed E-state index contributed by atoms with van der Waals surface area (Å²) in [7, 11) is 0. The summed E-state index contributed by atoms with van der Waals surface area (Å²) in [5.41, 5.74) is 1.21. The summed E-state index contributed by atoms with van der Waals surface area (Å²) in [5, 5.41) is 9.51. The first-order valence-corrected chi connectivity index (χ1v) is 10.6. The number of carbonyl (C=O) groups is 2. The molecule has 0 radical (unpaired) electrons. The van der Waals surface area contributed by atoms with Gasteiger partial charge in [0.15, 0.2) is 22.4 Å². The first-order valence-electron chi connectivity index (χ1n) is 8.64. The molecule has 2 aromatic carbocycles. The van der Waals surface area contributed by atoms with Gasteiger partial charge in [-0.3, -0.25) is 9.69 Å². The highest BCUT2D eigenvalue weighted by atomic mass is 35.5. The normalized spacial score (nSPS) is 15.0. The fourth-order valence-electron chi connectivity index (χ4n) is 2.61. The molecular formula is C20H15Cl2NO5S2. The molecule has 1 aliphatic rings. The zero-order chi connectivity index (χ0) is 21.8. The number of thiocarbonyl (C=S) groups is 1. The molecule has 2 aromatic rings. The van der Waals surface area contributed by atoms with Gasteiger partial charge < -0.3 is 14.6 Å². The maximum absolute atomic E-state index is 12.9. The van der Waals surface area contributed by atoms with Crippen LogP contribution in [0, 0.1) is 0 Å². The Morgan fingerprint density at radius 2 is 1.93 bits per heavy atom. The zero-order valence-corrected chi connectivity index (χ0v) is 18.7. The Hall–Kier alpha value is -2.26. The number of aliphatic carboxylic acids is 1. The fraction of sp³-hybridized carbons (Fsp3) is 0.150. The molecule has 30 heavy (non-hydrogen) atoms. The van der Waals surface area contributed by atoms with Gasteiger partial charge in [-0.25, -0.2) is 4.79 Å². The number of carboxylic acids is 1. The van der Waals surface area contributed by atoms with E-state index in [0.29, 0.717) is 48.6 Å². The van der Waals surface area contributed by atoms with Crippen LogP contribution in [0.25, 0.3) is 6.08 Å². The molecule has 1 heterocycles. The molecule has 0 atom stereocenters. The third-order valence-corrected chi connectivity index (χ3v) is 5.91. The van der Waals surface area contributed by atoms with Gasteiger partial charge in [-0.2, -0.15) is 0 Å². The molecule has 0 bridgehead atoms. The minimum atomic E-state index is -1.09. The van der Waals surface area contributed by atoms with Crippen LogP contribution in [0.4, 0.5) is 5.69 Å². The van der Waals surface area contributed by atoms with Gasteiger partial charge in [-0.05, 0) is 48.9 Å². The average molecular weight is 484 g/mol. The van der Waals surface area contributed by atoms with Crippen molar-refractivity contribution in [1.29, 1.82) is 0 Å². The molecule has 1 saturated heterocycles. The Kier molecular flexibility index (Phi) is 7.25. The number of benzene rings is 2. The number of carbonyl (C=O) groups excluding carboxylic acids is 1. The predicted octanol–water partition coefficient (Wildman–Crippen LogP) is 5.26. The molecule has 0 spiro atoms. The minimum Gasteiger partial charge on any atom is -0.490 e. The number of nitrogens with zero attached hydrogens (tertiary/aromatic N) is 1. The summed E-state index contributed by atoms with van der Waals surface area (Å²) < 4.78 is 11.1. The minimum absolute atomic E-state index is 0.285.